The molecule has 1 N–H and O–H groups in total. The average molecular weight is 344 g/mol. The Morgan fingerprint density at radius 2 is 2.04 bits per heavy atom. The van der Waals surface area contributed by atoms with Crippen molar-refractivity contribution in [2.45, 2.75) is 6.92 Å². The smallest absolute Gasteiger partial charge is 0.149 e. The van der Waals surface area contributed by atoms with E-state index in [9.17, 15) is 5.26 Å². The van der Waals surface area contributed by atoms with Gasteiger partial charge in [0, 0.05) is 18.8 Å². The maximum absolute atomic E-state index is 9.61. The molecule has 0 amide bonds. The monoisotopic (exact) mass is 344 g/mol. The molecule has 0 saturated carbocycles. The maximum atomic E-state index is 9.61. The summed E-state index contributed by atoms with van der Waals surface area (Å²) in [4.78, 5) is 10.1. The van der Waals surface area contributed by atoms with Crippen molar-refractivity contribution in [3.63, 3.8) is 0 Å². The first-order valence-corrected chi connectivity index (χ1v) is 8.75. The molecule has 0 unspecified atom stereocenters. The Bertz CT molecular complexity index is 973. The summed E-state index contributed by atoms with van der Waals surface area (Å²) in [5.41, 5.74) is 5.69. The molecule has 0 radical (unpaired) electrons. The zero-order valence-electron chi connectivity index (χ0n) is 14.7. The zero-order chi connectivity index (χ0) is 17.9. The van der Waals surface area contributed by atoms with Crippen molar-refractivity contribution in [3.8, 4) is 6.07 Å². The number of nitriles is 1. The largest absolute Gasteiger partial charge is 0.378 e. The topological polar surface area (TPSA) is 64.9 Å². The van der Waals surface area contributed by atoms with E-state index >= 15 is 0 Å². The molecule has 0 aliphatic carbocycles. The van der Waals surface area contributed by atoms with Gasteiger partial charge in [0.1, 0.15) is 11.9 Å². The van der Waals surface area contributed by atoms with Crippen molar-refractivity contribution < 1.29 is 4.74 Å². The molecule has 1 aliphatic rings. The van der Waals surface area contributed by atoms with Gasteiger partial charge in [0.2, 0.25) is 0 Å². The Labute approximate surface area is 152 Å². The quantitative estimate of drug-likeness (QED) is 0.735. The predicted molar refractivity (Wildman–Crippen MR) is 104 cm³/mol. The molecule has 2 aromatic carbocycles. The van der Waals surface area contributed by atoms with Crippen LogP contribution < -0.4 is 4.90 Å². The van der Waals surface area contributed by atoms with Gasteiger partial charge in [-0.2, -0.15) is 5.26 Å². The van der Waals surface area contributed by atoms with Gasteiger partial charge in [-0.25, -0.2) is 4.98 Å². The van der Waals surface area contributed by atoms with Gasteiger partial charge in [0.25, 0.3) is 0 Å². The normalized spacial score (nSPS) is 15.2. The lowest BCUT2D eigenvalue weighted by atomic mass is 10.0. The number of aryl methyl sites for hydroxylation is 1. The third kappa shape index (κ3) is 3.19. The number of H-pyrrole nitrogens is 1. The average Bonchev–Trinajstić information content (AvgIpc) is 3.11. The summed E-state index contributed by atoms with van der Waals surface area (Å²) < 4.78 is 5.42. The van der Waals surface area contributed by atoms with Crippen LogP contribution in [-0.4, -0.2) is 36.3 Å². The van der Waals surface area contributed by atoms with E-state index < -0.39 is 0 Å². The summed E-state index contributed by atoms with van der Waals surface area (Å²) >= 11 is 0. The number of allylic oxidation sites excluding steroid dienone is 1. The van der Waals surface area contributed by atoms with Gasteiger partial charge in [-0.15, -0.1) is 0 Å². The number of rotatable bonds is 3. The number of morpholine rings is 1. The van der Waals surface area contributed by atoms with Gasteiger partial charge in [0.15, 0.2) is 0 Å². The lowest BCUT2D eigenvalue weighted by molar-refractivity contribution is 0.122. The number of nitrogens with one attached hydrogen (secondary N) is 1. The van der Waals surface area contributed by atoms with E-state index in [2.05, 4.69) is 46.1 Å². The standard InChI is InChI=1S/C21H20N4O/c1-15-12-18(25-8-10-26-11-9-25)7-6-16(15)13-17(14-22)21-23-19-4-2-3-5-20(19)24-21/h2-7,12-13H,8-11H2,1H3,(H,23,24)/b17-13-. The Kier molecular flexibility index (Phi) is 4.42. The second-order valence-electron chi connectivity index (χ2n) is 6.41. The molecule has 0 bridgehead atoms. The highest BCUT2D eigenvalue weighted by Gasteiger charge is 2.13. The molecule has 1 aromatic heterocycles. The number of anilines is 1. The molecule has 2 heterocycles. The molecule has 5 heteroatoms. The second-order valence-corrected chi connectivity index (χ2v) is 6.41. The van der Waals surface area contributed by atoms with Gasteiger partial charge in [-0.05, 0) is 48.4 Å². The minimum Gasteiger partial charge on any atom is -0.378 e. The summed E-state index contributed by atoms with van der Waals surface area (Å²) in [6.45, 7) is 5.44. The predicted octanol–water partition coefficient (Wildman–Crippen LogP) is 3.77. The van der Waals surface area contributed by atoms with Crippen LogP contribution in [0.1, 0.15) is 17.0 Å². The fraction of sp³-hybridized carbons (Fsp3) is 0.238. The van der Waals surface area contributed by atoms with Gasteiger partial charge in [-0.3, -0.25) is 0 Å². The molecule has 1 saturated heterocycles. The number of para-hydroxylation sites is 2. The number of benzene rings is 2. The lowest BCUT2D eigenvalue weighted by Gasteiger charge is -2.29. The Morgan fingerprint density at radius 1 is 1.23 bits per heavy atom. The first kappa shape index (κ1) is 16.4. The van der Waals surface area contributed by atoms with E-state index in [0.717, 1.165) is 48.5 Å². The fourth-order valence-electron chi connectivity index (χ4n) is 3.23. The van der Waals surface area contributed by atoms with Crippen LogP contribution in [0.15, 0.2) is 42.5 Å². The van der Waals surface area contributed by atoms with Crippen molar-refractivity contribution in [1.29, 1.82) is 5.26 Å². The van der Waals surface area contributed by atoms with Crippen LogP contribution in [0.3, 0.4) is 0 Å². The first-order valence-electron chi connectivity index (χ1n) is 8.75. The van der Waals surface area contributed by atoms with E-state index in [4.69, 9.17) is 4.74 Å². The summed E-state index contributed by atoms with van der Waals surface area (Å²) in [7, 11) is 0. The lowest BCUT2D eigenvalue weighted by Crippen LogP contribution is -2.36. The molecule has 26 heavy (non-hydrogen) atoms. The number of fused-ring (bicyclic) bond motifs is 1. The molecular weight excluding hydrogens is 324 g/mol. The Morgan fingerprint density at radius 3 is 2.77 bits per heavy atom. The summed E-state index contributed by atoms with van der Waals surface area (Å²) in [5, 5.41) is 9.61. The molecule has 1 fully saturated rings. The van der Waals surface area contributed by atoms with E-state index in [1.807, 2.05) is 30.3 Å². The van der Waals surface area contributed by atoms with Crippen LogP contribution in [0.25, 0.3) is 22.7 Å². The molecule has 0 atom stereocenters. The van der Waals surface area contributed by atoms with Gasteiger partial charge in [0.05, 0.1) is 29.8 Å². The molecule has 4 rings (SSSR count). The molecule has 1 aliphatic heterocycles. The van der Waals surface area contributed by atoms with Crippen LogP contribution in [0.4, 0.5) is 5.69 Å². The number of nitrogens with zero attached hydrogens (tertiary/aromatic N) is 3. The van der Waals surface area contributed by atoms with Gasteiger partial charge < -0.3 is 14.6 Å². The molecule has 3 aromatic rings. The van der Waals surface area contributed by atoms with E-state index in [1.165, 1.54) is 5.69 Å². The van der Waals surface area contributed by atoms with E-state index in [0.29, 0.717) is 11.4 Å². The summed E-state index contributed by atoms with van der Waals surface area (Å²) in [6, 6.07) is 16.4. The van der Waals surface area contributed by atoms with Crippen LogP contribution in [-0.2, 0) is 4.74 Å². The van der Waals surface area contributed by atoms with Crippen molar-refractivity contribution in [2.24, 2.45) is 0 Å². The minimum atomic E-state index is 0.531. The highest BCUT2D eigenvalue weighted by Crippen LogP contribution is 2.24. The number of imidazole rings is 1. The van der Waals surface area contributed by atoms with Crippen LogP contribution in [0.2, 0.25) is 0 Å². The molecular formula is C21H20N4O. The summed E-state index contributed by atoms with van der Waals surface area (Å²) in [5.74, 6) is 0.602. The fourth-order valence-corrected chi connectivity index (χ4v) is 3.23. The number of aromatic amines is 1. The first-order chi connectivity index (χ1) is 12.7. The number of hydrogen-bond donors (Lipinski definition) is 1. The van der Waals surface area contributed by atoms with Crippen LogP contribution >= 0.6 is 0 Å². The van der Waals surface area contributed by atoms with Crippen molar-refractivity contribution in [1.82, 2.24) is 9.97 Å². The number of aromatic nitrogens is 2. The highest BCUT2D eigenvalue weighted by atomic mass is 16.5. The number of ether oxygens (including phenoxy) is 1. The highest BCUT2D eigenvalue weighted by molar-refractivity contribution is 5.90. The summed E-state index contributed by atoms with van der Waals surface area (Å²) in [6.07, 6.45) is 1.90. The van der Waals surface area contributed by atoms with E-state index in [1.54, 1.807) is 0 Å². The van der Waals surface area contributed by atoms with E-state index in [-0.39, 0.29) is 0 Å². The molecule has 0 spiro atoms. The SMILES string of the molecule is Cc1cc(N2CCOCC2)ccc1/C=C(/C#N)c1nc2ccccc2[nH]1. The molecule has 5 nitrogen and oxygen atoms in total. The third-order valence-corrected chi connectivity index (χ3v) is 4.69. The Hall–Kier alpha value is -3.10. The molecule has 130 valence electrons. The van der Waals surface area contributed by atoms with Crippen molar-refractivity contribution >= 4 is 28.4 Å². The number of hydrogen-bond acceptors (Lipinski definition) is 4. The maximum Gasteiger partial charge on any atom is 0.149 e. The Balaban J connectivity index is 1.66. The third-order valence-electron chi connectivity index (χ3n) is 4.69. The zero-order valence-corrected chi connectivity index (χ0v) is 14.7. The minimum absolute atomic E-state index is 0.531. The van der Waals surface area contributed by atoms with Crippen molar-refractivity contribution in [2.75, 3.05) is 31.2 Å². The van der Waals surface area contributed by atoms with Gasteiger partial charge >= 0.3 is 0 Å². The van der Waals surface area contributed by atoms with Crippen LogP contribution in [0.5, 0.6) is 0 Å². The second kappa shape index (κ2) is 7.03. The van der Waals surface area contributed by atoms with Crippen molar-refractivity contribution in [3.05, 3.63) is 59.4 Å². The van der Waals surface area contributed by atoms with Crippen LogP contribution in [0, 0.1) is 18.3 Å². The van der Waals surface area contributed by atoms with Gasteiger partial charge in [-0.1, -0.05) is 18.2 Å².